The number of hydrogen-bond donors (Lipinski definition) is 2. The smallest absolute Gasteiger partial charge is 0.294 e. The number of pyridine rings is 1. The van der Waals surface area contributed by atoms with Gasteiger partial charge >= 0.3 is 0 Å². The molecular weight excluding hydrogens is 460 g/mol. The summed E-state index contributed by atoms with van der Waals surface area (Å²) >= 11 is 0. The standard InChI is InChI=1S/C26H22N6O4/c1-32(2)26(34)18-12-15(8-9-20(18)29-25(33)22-10-11-28-36-22)16-13-19-23(30-31-24(19)27-14-16)17-6-4-5-7-21(17)35-3/h4-14H,1-3H3,(H,29,33)(H,27,30,31). The fraction of sp³-hybridized carbons (Fsp3) is 0.115. The number of ether oxygens (including phenoxy) is 1. The van der Waals surface area contributed by atoms with E-state index < -0.39 is 5.91 Å². The zero-order valence-electron chi connectivity index (χ0n) is 19.8. The van der Waals surface area contributed by atoms with Crippen molar-refractivity contribution in [2.24, 2.45) is 0 Å². The molecule has 0 saturated carbocycles. The quantitative estimate of drug-likeness (QED) is 0.371. The van der Waals surface area contributed by atoms with Crippen molar-refractivity contribution in [1.82, 2.24) is 25.2 Å². The van der Waals surface area contributed by atoms with Crippen molar-refractivity contribution in [1.29, 1.82) is 0 Å². The van der Waals surface area contributed by atoms with Gasteiger partial charge in [-0.2, -0.15) is 5.10 Å². The van der Waals surface area contributed by atoms with E-state index in [0.29, 0.717) is 22.6 Å². The number of methoxy groups -OCH3 is 1. The molecule has 0 radical (unpaired) electrons. The summed E-state index contributed by atoms with van der Waals surface area (Å²) in [4.78, 5) is 31.5. The van der Waals surface area contributed by atoms with Crippen LogP contribution in [0.3, 0.4) is 0 Å². The highest BCUT2D eigenvalue weighted by atomic mass is 16.5. The Balaban J connectivity index is 1.58. The molecule has 0 spiro atoms. The number of para-hydroxylation sites is 1. The molecular formula is C26H22N6O4. The lowest BCUT2D eigenvalue weighted by Crippen LogP contribution is -2.24. The van der Waals surface area contributed by atoms with E-state index in [1.165, 1.54) is 17.2 Å². The van der Waals surface area contributed by atoms with E-state index in [2.05, 4.69) is 25.7 Å². The van der Waals surface area contributed by atoms with Crippen LogP contribution < -0.4 is 10.1 Å². The number of rotatable bonds is 6. The number of H-pyrrole nitrogens is 1. The Morgan fingerprint density at radius 2 is 1.89 bits per heavy atom. The lowest BCUT2D eigenvalue weighted by Gasteiger charge is -2.16. The van der Waals surface area contributed by atoms with E-state index in [1.54, 1.807) is 39.5 Å². The third-order valence-corrected chi connectivity index (χ3v) is 5.69. The van der Waals surface area contributed by atoms with Crippen LogP contribution in [0.1, 0.15) is 20.9 Å². The largest absolute Gasteiger partial charge is 0.496 e. The van der Waals surface area contributed by atoms with E-state index in [9.17, 15) is 9.59 Å². The Hall–Kier alpha value is -4.99. The van der Waals surface area contributed by atoms with Crippen LogP contribution in [0.4, 0.5) is 5.69 Å². The number of nitrogens with zero attached hydrogens (tertiary/aromatic N) is 4. The summed E-state index contributed by atoms with van der Waals surface area (Å²) in [7, 11) is 4.92. The molecule has 0 unspecified atom stereocenters. The molecule has 0 saturated heterocycles. The van der Waals surface area contributed by atoms with Crippen molar-refractivity contribution in [2.75, 3.05) is 26.5 Å². The molecule has 2 aromatic carbocycles. The second kappa shape index (κ2) is 9.34. The first-order valence-electron chi connectivity index (χ1n) is 11.0. The van der Waals surface area contributed by atoms with E-state index in [4.69, 9.17) is 9.26 Å². The highest BCUT2D eigenvalue weighted by Gasteiger charge is 2.20. The third-order valence-electron chi connectivity index (χ3n) is 5.69. The normalized spacial score (nSPS) is 10.9. The lowest BCUT2D eigenvalue weighted by molar-refractivity contribution is 0.0828. The predicted molar refractivity (Wildman–Crippen MR) is 134 cm³/mol. The first-order chi connectivity index (χ1) is 17.5. The second-order valence-electron chi connectivity index (χ2n) is 8.18. The van der Waals surface area contributed by atoms with Crippen LogP contribution in [-0.2, 0) is 0 Å². The Morgan fingerprint density at radius 1 is 1.06 bits per heavy atom. The number of nitrogens with one attached hydrogen (secondary N) is 2. The first kappa shape index (κ1) is 22.8. The van der Waals surface area contributed by atoms with Crippen LogP contribution in [-0.4, -0.2) is 58.3 Å². The zero-order valence-corrected chi connectivity index (χ0v) is 19.8. The van der Waals surface area contributed by atoms with Gasteiger partial charge in [0.25, 0.3) is 11.8 Å². The molecule has 0 aliphatic rings. The van der Waals surface area contributed by atoms with E-state index in [1.807, 2.05) is 36.4 Å². The molecule has 3 heterocycles. The molecule has 0 aliphatic carbocycles. The summed E-state index contributed by atoms with van der Waals surface area (Å²) in [5.74, 6) is -0.0206. The van der Waals surface area contributed by atoms with Crippen LogP contribution >= 0.6 is 0 Å². The maximum absolute atomic E-state index is 13.0. The van der Waals surface area contributed by atoms with Gasteiger partial charge in [-0.15, -0.1) is 0 Å². The number of aromatic amines is 1. The molecule has 0 fully saturated rings. The minimum Gasteiger partial charge on any atom is -0.496 e. The number of aromatic nitrogens is 4. The third kappa shape index (κ3) is 4.16. The van der Waals surface area contributed by atoms with Gasteiger partial charge in [0.15, 0.2) is 5.65 Å². The number of hydrogen-bond acceptors (Lipinski definition) is 7. The number of carbonyl (C=O) groups excluding carboxylic acids is 2. The van der Waals surface area contributed by atoms with E-state index in [-0.39, 0.29) is 11.7 Å². The van der Waals surface area contributed by atoms with Gasteiger partial charge in [0, 0.05) is 42.9 Å². The fourth-order valence-corrected chi connectivity index (χ4v) is 3.88. The average molecular weight is 483 g/mol. The number of amides is 2. The topological polar surface area (TPSA) is 126 Å². The Kier molecular flexibility index (Phi) is 5.91. The van der Waals surface area contributed by atoms with Crippen molar-refractivity contribution in [3.05, 3.63) is 78.3 Å². The molecule has 10 nitrogen and oxygen atoms in total. The number of benzene rings is 2. The molecule has 2 amide bonds. The predicted octanol–water partition coefficient (Wildman–Crippen LogP) is 4.24. The van der Waals surface area contributed by atoms with Crippen molar-refractivity contribution >= 4 is 28.5 Å². The molecule has 2 N–H and O–H groups in total. The molecule has 0 atom stereocenters. The molecule has 3 aromatic heterocycles. The SMILES string of the molecule is COc1ccccc1-c1[nH]nc2ncc(-c3ccc(NC(=O)c4ccno4)c(C(=O)N(C)C)c3)cc12. The van der Waals surface area contributed by atoms with Crippen molar-refractivity contribution in [3.63, 3.8) is 0 Å². The second-order valence-corrected chi connectivity index (χ2v) is 8.18. The van der Waals surface area contributed by atoms with Gasteiger partial charge < -0.3 is 19.5 Å². The summed E-state index contributed by atoms with van der Waals surface area (Å²) in [5.41, 5.74) is 4.39. The highest BCUT2D eigenvalue weighted by molar-refractivity contribution is 6.08. The summed E-state index contributed by atoms with van der Waals surface area (Å²) in [6.45, 7) is 0. The van der Waals surface area contributed by atoms with Crippen molar-refractivity contribution < 1.29 is 18.8 Å². The van der Waals surface area contributed by atoms with Crippen LogP contribution in [0.15, 0.2) is 71.5 Å². The van der Waals surface area contributed by atoms with Gasteiger partial charge in [0.1, 0.15) is 5.75 Å². The minimum atomic E-state index is -0.504. The monoisotopic (exact) mass is 482 g/mol. The molecule has 10 heteroatoms. The lowest BCUT2D eigenvalue weighted by atomic mass is 10.00. The van der Waals surface area contributed by atoms with Gasteiger partial charge in [-0.1, -0.05) is 23.4 Å². The summed E-state index contributed by atoms with van der Waals surface area (Å²) in [6.07, 6.45) is 3.07. The molecule has 180 valence electrons. The maximum atomic E-state index is 13.0. The van der Waals surface area contributed by atoms with Gasteiger partial charge in [-0.25, -0.2) is 4.98 Å². The molecule has 0 bridgehead atoms. The zero-order chi connectivity index (χ0) is 25.2. The number of fused-ring (bicyclic) bond motifs is 1. The first-order valence-corrected chi connectivity index (χ1v) is 11.0. The van der Waals surface area contributed by atoms with Gasteiger partial charge in [0.05, 0.1) is 30.3 Å². The van der Waals surface area contributed by atoms with Crippen LogP contribution in [0.2, 0.25) is 0 Å². The summed E-state index contributed by atoms with van der Waals surface area (Å²) < 4.78 is 10.4. The summed E-state index contributed by atoms with van der Waals surface area (Å²) in [6, 6.07) is 16.3. The van der Waals surface area contributed by atoms with Gasteiger partial charge in [0.2, 0.25) is 5.76 Å². The number of anilines is 1. The fourth-order valence-electron chi connectivity index (χ4n) is 3.88. The Bertz CT molecular complexity index is 1570. The van der Waals surface area contributed by atoms with Gasteiger partial charge in [-0.3, -0.25) is 14.7 Å². The van der Waals surface area contributed by atoms with Crippen molar-refractivity contribution in [3.8, 4) is 28.1 Å². The number of carbonyl (C=O) groups is 2. The molecule has 5 aromatic rings. The summed E-state index contributed by atoms with van der Waals surface area (Å²) in [5, 5.41) is 14.5. The molecule has 0 aliphatic heterocycles. The van der Waals surface area contributed by atoms with E-state index in [0.717, 1.165) is 27.8 Å². The van der Waals surface area contributed by atoms with Gasteiger partial charge in [-0.05, 0) is 35.9 Å². The Morgan fingerprint density at radius 3 is 2.64 bits per heavy atom. The average Bonchev–Trinajstić information content (AvgIpc) is 3.58. The van der Waals surface area contributed by atoms with Crippen LogP contribution in [0.5, 0.6) is 5.75 Å². The maximum Gasteiger partial charge on any atom is 0.294 e. The minimum absolute atomic E-state index is 0.0424. The van der Waals surface area contributed by atoms with Crippen LogP contribution in [0.25, 0.3) is 33.4 Å². The van der Waals surface area contributed by atoms with Crippen LogP contribution in [0, 0.1) is 0 Å². The van der Waals surface area contributed by atoms with E-state index >= 15 is 0 Å². The Labute approximate surface area is 205 Å². The highest BCUT2D eigenvalue weighted by Crippen LogP contribution is 2.35. The molecule has 5 rings (SSSR count). The van der Waals surface area contributed by atoms with Crippen molar-refractivity contribution in [2.45, 2.75) is 0 Å². The molecule has 36 heavy (non-hydrogen) atoms.